The van der Waals surface area contributed by atoms with E-state index >= 15 is 0 Å². The summed E-state index contributed by atoms with van der Waals surface area (Å²) in [6, 6.07) is 7.63. The number of carboxylic acid groups (broad SMARTS) is 2. The molecule has 0 fully saturated rings. The van der Waals surface area contributed by atoms with Crippen LogP contribution >= 0.6 is 0 Å². The van der Waals surface area contributed by atoms with Gasteiger partial charge >= 0.3 is 11.9 Å². The topological polar surface area (TPSA) is 129 Å². The lowest BCUT2D eigenvalue weighted by atomic mass is 9.95. The summed E-state index contributed by atoms with van der Waals surface area (Å²) >= 11 is 0. The summed E-state index contributed by atoms with van der Waals surface area (Å²) in [5.41, 5.74) is 0.295. The zero-order valence-corrected chi connectivity index (χ0v) is 10.5. The van der Waals surface area contributed by atoms with Gasteiger partial charge in [-0.3, -0.25) is 14.1 Å². The van der Waals surface area contributed by atoms with Gasteiger partial charge in [0.05, 0.1) is 6.42 Å². The van der Waals surface area contributed by atoms with Crippen molar-refractivity contribution in [2.24, 2.45) is 0 Å². The molecule has 0 heterocycles. The van der Waals surface area contributed by atoms with Crippen molar-refractivity contribution in [3.05, 3.63) is 35.9 Å². The van der Waals surface area contributed by atoms with E-state index in [1.54, 1.807) is 18.2 Å². The lowest BCUT2D eigenvalue weighted by molar-refractivity contribution is -0.146. The Hall–Kier alpha value is -1.93. The minimum absolute atomic E-state index is 0.295. The van der Waals surface area contributed by atoms with Crippen LogP contribution < -0.4 is 0 Å². The molecule has 0 aromatic heterocycles. The number of carboxylic acids is 2. The number of hydrogen-bond acceptors (Lipinski definition) is 4. The molecular weight excluding hydrogens is 276 g/mol. The molecule has 3 N–H and O–H groups in total. The van der Waals surface area contributed by atoms with Gasteiger partial charge in [-0.2, -0.15) is 8.42 Å². The molecule has 1 rings (SSSR count). The predicted octanol–water partition coefficient (Wildman–Crippen LogP) is 0.415. The van der Waals surface area contributed by atoms with Gasteiger partial charge in [-0.25, -0.2) is 0 Å². The molecule has 1 atom stereocenters. The third-order valence-corrected chi connectivity index (χ3v) is 4.10. The van der Waals surface area contributed by atoms with Crippen molar-refractivity contribution in [1.29, 1.82) is 0 Å². The van der Waals surface area contributed by atoms with E-state index in [9.17, 15) is 18.0 Å². The summed E-state index contributed by atoms with van der Waals surface area (Å²) in [5.74, 6) is -3.53. The summed E-state index contributed by atoms with van der Waals surface area (Å²) < 4.78 is 29.0. The Bertz CT molecular complexity index is 578. The Morgan fingerprint density at radius 1 is 1.11 bits per heavy atom. The van der Waals surface area contributed by atoms with Crippen molar-refractivity contribution in [2.45, 2.75) is 17.6 Å². The van der Waals surface area contributed by atoms with Crippen LogP contribution in [-0.2, 0) is 26.1 Å². The Kier molecular flexibility index (Phi) is 4.28. The van der Waals surface area contributed by atoms with Gasteiger partial charge in [-0.05, 0) is 5.56 Å². The van der Waals surface area contributed by atoms with Gasteiger partial charge < -0.3 is 10.2 Å². The van der Waals surface area contributed by atoms with Crippen LogP contribution in [0.2, 0.25) is 0 Å². The standard InChI is InChI=1S/C11H12O7S/c12-9(13)7-11(10(14)15,19(16,17)18)6-8-4-2-1-3-5-8/h1-5H,6-7H2,(H,12,13)(H,14,15)(H,16,17,18). The van der Waals surface area contributed by atoms with E-state index in [0.717, 1.165) is 0 Å². The highest BCUT2D eigenvalue weighted by Crippen LogP contribution is 2.27. The highest BCUT2D eigenvalue weighted by Gasteiger charge is 2.52. The summed E-state index contributed by atoms with van der Waals surface area (Å²) in [4.78, 5) is 21.9. The van der Waals surface area contributed by atoms with Crippen LogP contribution in [-0.4, -0.2) is 39.9 Å². The molecule has 0 spiro atoms. The zero-order valence-electron chi connectivity index (χ0n) is 9.68. The largest absolute Gasteiger partial charge is 0.481 e. The highest BCUT2D eigenvalue weighted by atomic mass is 32.2. The molecule has 0 aliphatic carbocycles. The van der Waals surface area contributed by atoms with E-state index in [2.05, 4.69) is 0 Å². The number of rotatable bonds is 6. The van der Waals surface area contributed by atoms with Crippen molar-refractivity contribution < 1.29 is 32.8 Å². The van der Waals surface area contributed by atoms with Gasteiger partial charge in [0.2, 0.25) is 4.75 Å². The maximum Gasteiger partial charge on any atom is 0.328 e. The van der Waals surface area contributed by atoms with Crippen LogP contribution in [0.25, 0.3) is 0 Å². The summed E-state index contributed by atoms with van der Waals surface area (Å²) in [7, 11) is -5.10. The second-order valence-corrected chi connectivity index (χ2v) is 5.74. The van der Waals surface area contributed by atoms with Crippen molar-refractivity contribution in [3.63, 3.8) is 0 Å². The van der Waals surface area contributed by atoms with Crippen molar-refractivity contribution >= 4 is 22.1 Å². The molecule has 1 aromatic carbocycles. The van der Waals surface area contributed by atoms with Crippen LogP contribution in [0.1, 0.15) is 12.0 Å². The Morgan fingerprint density at radius 2 is 1.63 bits per heavy atom. The molecule has 0 aliphatic heterocycles. The number of hydrogen-bond donors (Lipinski definition) is 3. The SMILES string of the molecule is O=C(O)CC(Cc1ccccc1)(C(=O)O)S(=O)(=O)O. The van der Waals surface area contributed by atoms with Crippen LogP contribution in [0.15, 0.2) is 30.3 Å². The highest BCUT2D eigenvalue weighted by molar-refractivity contribution is 7.88. The fraction of sp³-hybridized carbons (Fsp3) is 0.273. The van der Waals surface area contributed by atoms with Crippen molar-refractivity contribution in [2.75, 3.05) is 0 Å². The number of carbonyl (C=O) groups is 2. The smallest absolute Gasteiger partial charge is 0.328 e. The Balaban J connectivity index is 3.33. The zero-order chi connectivity index (χ0) is 14.7. The van der Waals surface area contributed by atoms with E-state index in [1.807, 2.05) is 0 Å². The van der Waals surface area contributed by atoms with Crippen molar-refractivity contribution in [1.82, 2.24) is 0 Å². The molecule has 0 amide bonds. The second kappa shape index (κ2) is 5.37. The first kappa shape index (κ1) is 15.1. The van der Waals surface area contributed by atoms with E-state index < -0.39 is 39.6 Å². The first-order valence-corrected chi connectivity index (χ1v) is 6.59. The summed E-state index contributed by atoms with van der Waals surface area (Å²) in [6.45, 7) is 0. The third kappa shape index (κ3) is 3.30. The first-order valence-electron chi connectivity index (χ1n) is 5.15. The molecule has 0 aliphatic rings. The molecule has 0 bridgehead atoms. The summed E-state index contributed by atoms with van der Waals surface area (Å²) in [6.07, 6.45) is -1.86. The van der Waals surface area contributed by atoms with Crippen LogP contribution in [0.4, 0.5) is 0 Å². The lowest BCUT2D eigenvalue weighted by Gasteiger charge is -2.24. The second-order valence-electron chi connectivity index (χ2n) is 4.01. The predicted molar refractivity (Wildman–Crippen MR) is 64.3 cm³/mol. The molecule has 104 valence electrons. The maximum absolute atomic E-state index is 11.3. The van der Waals surface area contributed by atoms with Crippen LogP contribution in [0.5, 0.6) is 0 Å². The number of benzene rings is 1. The monoisotopic (exact) mass is 288 g/mol. The fourth-order valence-corrected chi connectivity index (χ4v) is 2.55. The fourth-order valence-electron chi connectivity index (χ4n) is 1.68. The average Bonchev–Trinajstić information content (AvgIpc) is 2.27. The van der Waals surface area contributed by atoms with E-state index in [0.29, 0.717) is 5.56 Å². The molecule has 1 unspecified atom stereocenters. The van der Waals surface area contributed by atoms with Gasteiger partial charge in [0.15, 0.2) is 0 Å². The van der Waals surface area contributed by atoms with E-state index in [4.69, 9.17) is 14.8 Å². The normalized spacial score (nSPS) is 14.6. The minimum Gasteiger partial charge on any atom is -0.481 e. The van der Waals surface area contributed by atoms with Crippen LogP contribution in [0.3, 0.4) is 0 Å². The van der Waals surface area contributed by atoms with Crippen molar-refractivity contribution in [3.8, 4) is 0 Å². The maximum atomic E-state index is 11.3. The molecule has 0 radical (unpaired) electrons. The molecule has 1 aromatic rings. The molecular formula is C11H12O7S. The average molecular weight is 288 g/mol. The van der Waals surface area contributed by atoms with E-state index in [-0.39, 0.29) is 0 Å². The first-order chi connectivity index (χ1) is 8.69. The van der Waals surface area contributed by atoms with E-state index in [1.165, 1.54) is 12.1 Å². The molecule has 7 nitrogen and oxygen atoms in total. The van der Waals surface area contributed by atoms with Gasteiger partial charge in [0.25, 0.3) is 10.1 Å². The minimum atomic E-state index is -5.10. The quantitative estimate of drug-likeness (QED) is 0.646. The van der Waals surface area contributed by atoms with Gasteiger partial charge in [-0.1, -0.05) is 30.3 Å². The van der Waals surface area contributed by atoms with Gasteiger partial charge in [0.1, 0.15) is 0 Å². The molecule has 0 saturated heterocycles. The summed E-state index contributed by atoms with van der Waals surface area (Å²) in [5, 5.41) is 17.8. The Labute approximate surface area is 109 Å². The molecule has 19 heavy (non-hydrogen) atoms. The lowest BCUT2D eigenvalue weighted by Crippen LogP contribution is -2.49. The Morgan fingerprint density at radius 3 is 2.00 bits per heavy atom. The third-order valence-electron chi connectivity index (χ3n) is 2.65. The van der Waals surface area contributed by atoms with Gasteiger partial charge in [-0.15, -0.1) is 0 Å². The molecule has 8 heteroatoms. The number of aliphatic carboxylic acids is 2. The molecule has 0 saturated carbocycles. The van der Waals surface area contributed by atoms with Crippen LogP contribution in [0, 0.1) is 0 Å². The van der Waals surface area contributed by atoms with Gasteiger partial charge in [0, 0.05) is 6.42 Å².